The van der Waals surface area contributed by atoms with Gasteiger partial charge in [-0.1, -0.05) is 131 Å². The van der Waals surface area contributed by atoms with Gasteiger partial charge in [0.2, 0.25) is 0 Å². The molecule has 0 aromatic heterocycles. The molecular weight excluding hydrogens is 755 g/mol. The van der Waals surface area contributed by atoms with Gasteiger partial charge in [0.05, 0.1) is 31.0 Å². The minimum Gasteiger partial charge on any atom is -0.393 e. The van der Waals surface area contributed by atoms with Gasteiger partial charge in [0.1, 0.15) is 0 Å². The number of ether oxygens (including phenoxy) is 1. The molecule has 4 bridgehead atoms. The molecule has 0 saturated heterocycles. The van der Waals surface area contributed by atoms with Crippen LogP contribution in [0.5, 0.6) is 0 Å². The molecule has 324 valence electrons. The van der Waals surface area contributed by atoms with Crippen LogP contribution in [0.25, 0.3) is 11.1 Å². The maximum absolute atomic E-state index is 15.7. The van der Waals surface area contributed by atoms with Crippen LogP contribution >= 0.6 is 0 Å². The number of benzene rings is 3. The number of fused-ring (bicyclic) bond motifs is 3. The molecule has 9 aliphatic rings. The number of carbonyl (C=O) groups excluding carboxylic acids is 1. The Labute approximate surface area is 364 Å². The van der Waals surface area contributed by atoms with E-state index in [4.69, 9.17) is 4.74 Å². The number of rotatable bonds is 13. The van der Waals surface area contributed by atoms with Gasteiger partial charge in [0, 0.05) is 47.0 Å². The number of carbonyl (C=O) groups is 1. The average molecular weight is 824 g/mol. The Morgan fingerprint density at radius 2 is 1.51 bits per heavy atom. The van der Waals surface area contributed by atoms with Gasteiger partial charge in [-0.25, -0.2) is 0 Å². The Balaban J connectivity index is 0.992. The molecule has 0 amide bonds. The molecule has 6 fully saturated rings. The molecule has 3 aromatic carbocycles. The molecular formula is C55H69NO5. The Kier molecular flexibility index (Phi) is 10.3. The van der Waals surface area contributed by atoms with Gasteiger partial charge in [-0.3, -0.25) is 9.69 Å². The van der Waals surface area contributed by atoms with E-state index in [0.29, 0.717) is 49.8 Å². The van der Waals surface area contributed by atoms with E-state index in [2.05, 4.69) is 81.2 Å². The Morgan fingerprint density at radius 1 is 0.820 bits per heavy atom. The van der Waals surface area contributed by atoms with Crippen molar-refractivity contribution in [2.24, 2.45) is 56.7 Å². The number of hydrogen-bond donors (Lipinski definition) is 3. The second-order valence-corrected chi connectivity index (χ2v) is 22.1. The van der Waals surface area contributed by atoms with Crippen molar-refractivity contribution in [2.45, 2.75) is 116 Å². The first-order chi connectivity index (χ1) is 29.2. The van der Waals surface area contributed by atoms with Crippen molar-refractivity contribution in [1.29, 1.82) is 0 Å². The zero-order chi connectivity index (χ0) is 42.4. The molecule has 9 aliphatic carbocycles. The minimum atomic E-state index is -1.01. The second kappa shape index (κ2) is 15.1. The van der Waals surface area contributed by atoms with Gasteiger partial charge in [0.15, 0.2) is 5.78 Å². The van der Waals surface area contributed by atoms with Crippen LogP contribution in [-0.2, 0) is 11.3 Å². The average Bonchev–Trinajstić information content (AvgIpc) is 3.53. The normalized spacial score (nSPS) is 39.4. The minimum absolute atomic E-state index is 0.0584. The van der Waals surface area contributed by atoms with Crippen LogP contribution in [0.1, 0.15) is 108 Å². The van der Waals surface area contributed by atoms with Gasteiger partial charge >= 0.3 is 0 Å². The number of allylic oxidation sites excluding steroid dienone is 4. The lowest BCUT2D eigenvalue weighted by Crippen LogP contribution is -2.67. The lowest BCUT2D eigenvalue weighted by molar-refractivity contribution is -0.179. The second-order valence-electron chi connectivity index (χ2n) is 22.1. The van der Waals surface area contributed by atoms with Crippen molar-refractivity contribution in [3.8, 4) is 11.1 Å². The van der Waals surface area contributed by atoms with Gasteiger partial charge in [-0.2, -0.15) is 0 Å². The summed E-state index contributed by atoms with van der Waals surface area (Å²) in [5, 5.41) is 36.4. The lowest BCUT2D eigenvalue weighted by atomic mass is 9.32. The molecule has 6 nitrogen and oxygen atoms in total. The van der Waals surface area contributed by atoms with E-state index in [1.54, 1.807) is 0 Å². The van der Waals surface area contributed by atoms with Gasteiger partial charge in [-0.15, -0.1) is 0 Å². The molecule has 0 heterocycles. The molecule has 2 spiro atoms. The number of aliphatic hydroxyl groups is 3. The number of ketones is 1. The van der Waals surface area contributed by atoms with Crippen molar-refractivity contribution in [3.05, 3.63) is 120 Å². The fraction of sp³-hybridized carbons (Fsp3) is 0.582. The highest BCUT2D eigenvalue weighted by Gasteiger charge is 2.74. The number of nitrogens with zero attached hydrogens (tertiary/aromatic N) is 1. The highest BCUT2D eigenvalue weighted by molar-refractivity contribution is 6.14. The first kappa shape index (κ1) is 41.6. The third-order valence-corrected chi connectivity index (χ3v) is 19.1. The zero-order valence-electron chi connectivity index (χ0n) is 37.1. The van der Waals surface area contributed by atoms with Gasteiger partial charge < -0.3 is 20.1 Å². The molecule has 12 atom stereocenters. The fourth-order valence-corrected chi connectivity index (χ4v) is 15.6. The predicted molar refractivity (Wildman–Crippen MR) is 241 cm³/mol. The Hall–Kier alpha value is -3.39. The summed E-state index contributed by atoms with van der Waals surface area (Å²) in [5.74, 6) is 2.38. The molecule has 0 radical (unpaired) electrons. The smallest absolute Gasteiger partial charge is 0.190 e. The standard InChI is InChI=1S/C55H69NO5/c1-50(2)40-20-19-39(45(50)29-40)32-56(33-42(58)35-61-34-37-13-7-5-8-14-37)36-54(60)26-23-48-52(54,4)25-22-47-51(3)24-21-41(57)30-53(51)27-28-55(47,48)46(31-53)49(59)44-18-12-11-17-43(44)38-15-9-6-10-16-38/h5-18,27-28,31,39-42,45,47-48,57-58,60H,19-26,29-30,32-36H2,1-4H3. The van der Waals surface area contributed by atoms with Crippen molar-refractivity contribution in [3.63, 3.8) is 0 Å². The van der Waals surface area contributed by atoms with Crippen LogP contribution in [0.15, 0.2) is 109 Å². The summed E-state index contributed by atoms with van der Waals surface area (Å²) in [6.07, 6.45) is 15.5. The summed E-state index contributed by atoms with van der Waals surface area (Å²) in [7, 11) is 0. The van der Waals surface area contributed by atoms with E-state index in [1.807, 2.05) is 54.6 Å². The quantitative estimate of drug-likeness (QED) is 0.118. The molecule has 6 saturated carbocycles. The monoisotopic (exact) mass is 824 g/mol. The van der Waals surface area contributed by atoms with Crippen LogP contribution < -0.4 is 0 Å². The number of hydrogen-bond acceptors (Lipinski definition) is 6. The summed E-state index contributed by atoms with van der Waals surface area (Å²) in [5.41, 5.74) is 2.53. The topological polar surface area (TPSA) is 90.2 Å². The first-order valence-electron chi connectivity index (χ1n) is 23.8. The Bertz CT molecular complexity index is 2180. The molecule has 12 rings (SSSR count). The highest BCUT2D eigenvalue weighted by atomic mass is 16.5. The summed E-state index contributed by atoms with van der Waals surface area (Å²) in [6, 6.07) is 28.5. The van der Waals surface area contributed by atoms with Crippen LogP contribution in [0.4, 0.5) is 0 Å². The Morgan fingerprint density at radius 3 is 2.26 bits per heavy atom. The third kappa shape index (κ3) is 6.38. The molecule has 0 aliphatic heterocycles. The van der Waals surface area contributed by atoms with Gasteiger partial charge in [-0.05, 0) is 121 Å². The van der Waals surface area contributed by atoms with Crippen molar-refractivity contribution in [2.75, 3.05) is 26.2 Å². The summed E-state index contributed by atoms with van der Waals surface area (Å²) in [4.78, 5) is 18.1. The third-order valence-electron chi connectivity index (χ3n) is 19.1. The first-order valence-corrected chi connectivity index (χ1v) is 23.8. The molecule has 3 N–H and O–H groups in total. The molecule has 6 heteroatoms. The maximum Gasteiger partial charge on any atom is 0.190 e. The highest BCUT2D eigenvalue weighted by Crippen LogP contribution is 2.78. The van der Waals surface area contributed by atoms with Crippen LogP contribution in [0, 0.1) is 56.7 Å². The van der Waals surface area contributed by atoms with E-state index >= 15 is 4.79 Å². The lowest BCUT2D eigenvalue weighted by Gasteiger charge is -2.71. The van der Waals surface area contributed by atoms with E-state index < -0.39 is 34.1 Å². The maximum atomic E-state index is 15.7. The SMILES string of the molecule is CC1(C)C2CCC(CN(CC(O)COCc3ccccc3)CC3(O)CCC4C56C=CC7(C=C5C(=O)c5ccccc5-c5ccccc5)CC(O)CCC7(C)C6CCC43C)C1C2. The van der Waals surface area contributed by atoms with E-state index in [1.165, 1.54) is 19.3 Å². The summed E-state index contributed by atoms with van der Waals surface area (Å²) >= 11 is 0. The number of Topliss-reactive ketones (excluding diaryl/α,β-unsaturated/α-hetero) is 1. The predicted octanol–water partition coefficient (Wildman–Crippen LogP) is 10.1. The zero-order valence-corrected chi connectivity index (χ0v) is 37.1. The van der Waals surface area contributed by atoms with Gasteiger partial charge in [0.25, 0.3) is 0 Å². The molecule has 3 aromatic rings. The van der Waals surface area contributed by atoms with E-state index in [-0.39, 0.29) is 29.6 Å². The van der Waals surface area contributed by atoms with Crippen molar-refractivity contribution < 1.29 is 24.9 Å². The summed E-state index contributed by atoms with van der Waals surface area (Å²) < 4.78 is 6.09. The van der Waals surface area contributed by atoms with E-state index in [9.17, 15) is 15.3 Å². The molecule has 61 heavy (non-hydrogen) atoms. The van der Waals surface area contributed by atoms with E-state index in [0.717, 1.165) is 72.4 Å². The van der Waals surface area contributed by atoms with Crippen molar-refractivity contribution >= 4 is 5.78 Å². The molecule has 12 unspecified atom stereocenters. The number of aliphatic hydroxyl groups excluding tert-OH is 2. The van der Waals surface area contributed by atoms with Crippen LogP contribution in [0.2, 0.25) is 0 Å². The van der Waals surface area contributed by atoms with Crippen molar-refractivity contribution in [1.82, 2.24) is 4.90 Å². The van der Waals surface area contributed by atoms with Crippen LogP contribution in [-0.4, -0.2) is 70.1 Å². The van der Waals surface area contributed by atoms with Crippen LogP contribution in [0.3, 0.4) is 0 Å². The fourth-order valence-electron chi connectivity index (χ4n) is 15.6. The summed E-state index contributed by atoms with van der Waals surface area (Å²) in [6.45, 7) is 12.3. The largest absolute Gasteiger partial charge is 0.393 e.